The molecule has 182 valence electrons. The number of β-amino-alcohol motifs (C(OH)–C–C–N with tert-alkyl or cyclic N) is 1. The molecule has 0 saturated carbocycles. The van der Waals surface area contributed by atoms with Gasteiger partial charge in [-0.15, -0.1) is 0 Å². The molecule has 1 fully saturated rings. The van der Waals surface area contributed by atoms with E-state index in [1.54, 1.807) is 0 Å². The van der Waals surface area contributed by atoms with Gasteiger partial charge in [-0.2, -0.15) is 12.6 Å². The number of hydrogen-bond acceptors (Lipinski definition) is 8. The van der Waals surface area contributed by atoms with Crippen LogP contribution in [0.1, 0.15) is 37.8 Å². The lowest BCUT2D eigenvalue weighted by Crippen LogP contribution is -2.50. The van der Waals surface area contributed by atoms with Crippen molar-refractivity contribution in [2.24, 2.45) is 17.2 Å². The zero-order chi connectivity index (χ0) is 24.5. The number of likely N-dealkylation sites (tertiary alicyclic amines) is 1. The van der Waals surface area contributed by atoms with Crippen LogP contribution in [0.4, 0.5) is 0 Å². The number of nitrogens with zero attached hydrogens (tertiary/aromatic N) is 2. The average molecular weight is 466 g/mol. The molecule has 0 bridgehead atoms. The maximum absolute atomic E-state index is 9.88. The first kappa shape index (κ1) is 30.4. The first-order chi connectivity index (χ1) is 15.4. The lowest BCUT2D eigenvalue weighted by atomic mass is 10.0. The molecule has 7 nitrogen and oxygen atoms in total. The third-order valence-electron chi connectivity index (χ3n) is 5.04. The molecule has 8 heteroatoms. The van der Waals surface area contributed by atoms with Crippen LogP contribution in [-0.4, -0.2) is 71.9 Å². The Labute approximate surface area is 199 Å². The van der Waals surface area contributed by atoms with E-state index in [9.17, 15) is 9.90 Å². The monoisotopic (exact) mass is 465 g/mol. The van der Waals surface area contributed by atoms with E-state index in [2.05, 4.69) is 59.4 Å². The Balaban J connectivity index is 0.000000743. The summed E-state index contributed by atoms with van der Waals surface area (Å²) in [6.45, 7) is 8.72. The standard InChI is InChI=1S/C17H23N3O.C4H9NOS.C2H6.CH5N/c1-12-2-3-16-14(10-12)13(4-7-19-16)5-8-20-9-6-15(18)17(21)11-20;5-4(3-6)1-2-7;2*1-2/h2-4,7,10,15,17,21H,5-6,8-9,11,18H2,1H3;3-4,7H,1-2,5H2;1-2H3;2H2,1H3/t15-,17+;;;/m0.../s1. The average Bonchev–Trinajstić information content (AvgIpc) is 2.83. The molecule has 3 rings (SSSR count). The van der Waals surface area contributed by atoms with Crippen LogP contribution in [-0.2, 0) is 11.2 Å². The van der Waals surface area contributed by atoms with Gasteiger partial charge in [-0.05, 0) is 69.3 Å². The normalized spacial score (nSPS) is 18.8. The maximum atomic E-state index is 9.88. The minimum atomic E-state index is -0.393. The number of aliphatic hydroxyl groups excluding tert-OH is 1. The predicted octanol–water partition coefficient (Wildman–Crippen LogP) is 1.91. The maximum Gasteiger partial charge on any atom is 0.136 e. The van der Waals surface area contributed by atoms with Gasteiger partial charge in [-0.1, -0.05) is 25.5 Å². The van der Waals surface area contributed by atoms with Gasteiger partial charge in [-0.25, -0.2) is 0 Å². The number of aldehydes is 1. The molecule has 1 aromatic carbocycles. The number of benzene rings is 1. The number of pyridine rings is 1. The summed E-state index contributed by atoms with van der Waals surface area (Å²) >= 11 is 3.88. The van der Waals surface area contributed by atoms with E-state index < -0.39 is 6.10 Å². The van der Waals surface area contributed by atoms with Crippen LogP contribution in [0.3, 0.4) is 0 Å². The van der Waals surface area contributed by atoms with Crippen molar-refractivity contribution >= 4 is 29.8 Å². The van der Waals surface area contributed by atoms with Gasteiger partial charge in [0.2, 0.25) is 0 Å². The van der Waals surface area contributed by atoms with E-state index in [1.165, 1.54) is 23.6 Å². The Kier molecular flexibility index (Phi) is 17.1. The molecule has 0 aliphatic carbocycles. The lowest BCUT2D eigenvalue weighted by Gasteiger charge is -2.34. The molecule has 32 heavy (non-hydrogen) atoms. The van der Waals surface area contributed by atoms with Crippen LogP contribution in [0.2, 0.25) is 0 Å². The summed E-state index contributed by atoms with van der Waals surface area (Å²) in [5, 5.41) is 11.1. The molecule has 2 aromatic rings. The smallest absolute Gasteiger partial charge is 0.136 e. The number of rotatable bonds is 6. The minimum absolute atomic E-state index is 0.0642. The van der Waals surface area contributed by atoms with Crippen LogP contribution in [0.25, 0.3) is 10.9 Å². The Morgan fingerprint density at radius 1 is 1.31 bits per heavy atom. The fourth-order valence-electron chi connectivity index (χ4n) is 3.25. The van der Waals surface area contributed by atoms with Crippen LogP contribution in [0, 0.1) is 6.92 Å². The van der Waals surface area contributed by atoms with E-state index in [0.29, 0.717) is 18.7 Å². The number of fused-ring (bicyclic) bond motifs is 1. The van der Waals surface area contributed by atoms with Gasteiger partial charge in [0.15, 0.2) is 0 Å². The molecule has 1 saturated heterocycles. The number of hydrogen-bond donors (Lipinski definition) is 5. The zero-order valence-corrected chi connectivity index (χ0v) is 21.0. The van der Waals surface area contributed by atoms with Crippen molar-refractivity contribution in [3.05, 3.63) is 41.6 Å². The SMILES string of the molecule is CC.CN.Cc1ccc2nccc(CCN3CC[C@H](N)[C@H](O)C3)c2c1.NC(C=O)CCS. The molecular formula is C24H43N5O2S. The first-order valence-corrected chi connectivity index (χ1v) is 12.0. The number of aliphatic hydroxyl groups is 1. The summed E-state index contributed by atoms with van der Waals surface area (Å²) in [6, 6.07) is 8.12. The van der Waals surface area contributed by atoms with E-state index in [0.717, 1.165) is 37.7 Å². The number of thiol groups is 1. The summed E-state index contributed by atoms with van der Waals surface area (Å²) < 4.78 is 0. The highest BCUT2D eigenvalue weighted by Gasteiger charge is 2.24. The van der Waals surface area contributed by atoms with Crippen LogP contribution in [0.15, 0.2) is 30.5 Å². The Hall–Kier alpha value is -1.55. The van der Waals surface area contributed by atoms with Gasteiger partial charge < -0.3 is 32.0 Å². The number of nitrogens with two attached hydrogens (primary N) is 3. The summed E-state index contributed by atoms with van der Waals surface area (Å²) in [5.41, 5.74) is 19.2. The van der Waals surface area contributed by atoms with Gasteiger partial charge in [0.25, 0.3) is 0 Å². The highest BCUT2D eigenvalue weighted by molar-refractivity contribution is 7.80. The van der Waals surface area contributed by atoms with E-state index in [4.69, 9.17) is 11.5 Å². The molecule has 1 unspecified atom stereocenters. The van der Waals surface area contributed by atoms with Crippen molar-refractivity contribution in [2.75, 3.05) is 32.4 Å². The van der Waals surface area contributed by atoms with Crippen molar-refractivity contribution in [1.82, 2.24) is 9.88 Å². The van der Waals surface area contributed by atoms with Crippen molar-refractivity contribution in [1.29, 1.82) is 0 Å². The molecular weight excluding hydrogens is 422 g/mol. The van der Waals surface area contributed by atoms with Crippen LogP contribution < -0.4 is 17.2 Å². The molecule has 0 radical (unpaired) electrons. The Morgan fingerprint density at radius 2 is 2.00 bits per heavy atom. The van der Waals surface area contributed by atoms with Crippen molar-refractivity contribution < 1.29 is 9.90 Å². The third-order valence-corrected chi connectivity index (χ3v) is 5.30. The molecule has 7 N–H and O–H groups in total. The molecule has 1 aliphatic rings. The minimum Gasteiger partial charge on any atom is -0.390 e. The third kappa shape index (κ3) is 10.8. The molecule has 0 amide bonds. The first-order valence-electron chi connectivity index (χ1n) is 11.3. The second-order valence-corrected chi connectivity index (χ2v) is 7.82. The second-order valence-electron chi connectivity index (χ2n) is 7.37. The van der Waals surface area contributed by atoms with Gasteiger partial charge in [0.1, 0.15) is 6.29 Å². The summed E-state index contributed by atoms with van der Waals surface area (Å²) in [6.07, 6.45) is 4.74. The summed E-state index contributed by atoms with van der Waals surface area (Å²) in [5.74, 6) is 0.680. The summed E-state index contributed by atoms with van der Waals surface area (Å²) in [4.78, 5) is 16.5. The van der Waals surface area contributed by atoms with Crippen molar-refractivity contribution in [3.63, 3.8) is 0 Å². The lowest BCUT2D eigenvalue weighted by molar-refractivity contribution is -0.108. The van der Waals surface area contributed by atoms with Crippen molar-refractivity contribution in [3.8, 4) is 0 Å². The van der Waals surface area contributed by atoms with Crippen LogP contribution in [0.5, 0.6) is 0 Å². The largest absolute Gasteiger partial charge is 0.390 e. The molecule has 1 aromatic heterocycles. The highest BCUT2D eigenvalue weighted by Crippen LogP contribution is 2.19. The summed E-state index contributed by atoms with van der Waals surface area (Å²) in [7, 11) is 1.50. The predicted molar refractivity (Wildman–Crippen MR) is 139 cm³/mol. The molecule has 2 heterocycles. The van der Waals surface area contributed by atoms with E-state index in [-0.39, 0.29) is 12.1 Å². The highest BCUT2D eigenvalue weighted by atomic mass is 32.1. The number of carbonyl (C=O) groups is 1. The van der Waals surface area contributed by atoms with Gasteiger partial charge >= 0.3 is 0 Å². The fourth-order valence-corrected chi connectivity index (χ4v) is 3.55. The quantitative estimate of drug-likeness (QED) is 0.325. The van der Waals surface area contributed by atoms with Crippen LogP contribution >= 0.6 is 12.6 Å². The van der Waals surface area contributed by atoms with E-state index >= 15 is 0 Å². The second kappa shape index (κ2) is 17.9. The van der Waals surface area contributed by atoms with E-state index in [1.807, 2.05) is 20.0 Å². The fraction of sp³-hybridized carbons (Fsp3) is 0.583. The Bertz CT molecular complexity index is 762. The van der Waals surface area contributed by atoms with Gasteiger partial charge in [-0.3, -0.25) is 4.98 Å². The molecule has 3 atom stereocenters. The zero-order valence-electron chi connectivity index (χ0n) is 20.1. The van der Waals surface area contributed by atoms with Crippen molar-refractivity contribution in [2.45, 2.75) is 58.2 Å². The topological polar surface area (TPSA) is 131 Å². The number of carbonyl (C=O) groups excluding carboxylic acids is 1. The van der Waals surface area contributed by atoms with Gasteiger partial charge in [0.05, 0.1) is 17.7 Å². The van der Waals surface area contributed by atoms with Gasteiger partial charge in [0, 0.05) is 30.7 Å². The number of aryl methyl sites for hydroxylation is 1. The number of piperidine rings is 1. The number of aromatic nitrogens is 1. The molecule has 0 spiro atoms. The Morgan fingerprint density at radius 3 is 2.56 bits per heavy atom. The molecule has 1 aliphatic heterocycles.